The van der Waals surface area contributed by atoms with Gasteiger partial charge in [-0.2, -0.15) is 0 Å². The first-order chi connectivity index (χ1) is 35.3. The molecule has 8 aromatic rings. The molecule has 0 aliphatic rings. The highest BCUT2D eigenvalue weighted by Crippen LogP contribution is 2.31. The molecule has 0 atom stereocenters. The summed E-state index contributed by atoms with van der Waals surface area (Å²) >= 11 is 3.31. The Morgan fingerprint density at radius 2 is 0.726 bits per heavy atom. The third kappa shape index (κ3) is 14.6. The first-order valence-corrected chi connectivity index (χ1v) is 23.0. The second kappa shape index (κ2) is 26.0. The van der Waals surface area contributed by atoms with E-state index in [-0.39, 0.29) is 34.5 Å². The quantitative estimate of drug-likeness (QED) is 0.0802. The van der Waals surface area contributed by atoms with E-state index in [9.17, 15) is 33.9 Å². The maximum absolute atomic E-state index is 12.5. The van der Waals surface area contributed by atoms with Gasteiger partial charge in [-0.05, 0) is 125 Å². The lowest BCUT2D eigenvalue weighted by Crippen LogP contribution is -2.15. The molecule has 14 nitrogen and oxygen atoms in total. The van der Waals surface area contributed by atoms with Gasteiger partial charge in [-0.15, -0.1) is 0 Å². The predicted molar refractivity (Wildman–Crippen MR) is 284 cm³/mol. The van der Waals surface area contributed by atoms with Crippen molar-refractivity contribution in [2.75, 3.05) is 44.4 Å². The minimum absolute atomic E-state index is 0.0286. The van der Waals surface area contributed by atoms with Crippen molar-refractivity contribution < 1.29 is 52.8 Å². The number of methoxy groups -OCH3 is 4. The van der Waals surface area contributed by atoms with Crippen LogP contribution in [-0.4, -0.2) is 69.2 Å². The van der Waals surface area contributed by atoms with Gasteiger partial charge in [0.2, 0.25) is 0 Å². The summed E-state index contributed by atoms with van der Waals surface area (Å²) < 4.78 is 20.8. The van der Waals surface area contributed by atoms with Crippen LogP contribution in [0.3, 0.4) is 0 Å². The van der Waals surface area contributed by atoms with Gasteiger partial charge in [0, 0.05) is 21.2 Å². The first kappa shape index (κ1) is 53.0. The van der Waals surface area contributed by atoms with Crippen LogP contribution in [0.15, 0.2) is 199 Å². The molecule has 0 saturated carbocycles. The van der Waals surface area contributed by atoms with Crippen molar-refractivity contribution in [2.24, 2.45) is 0 Å². The molecule has 0 heterocycles. The van der Waals surface area contributed by atoms with Crippen LogP contribution in [0.4, 0.5) is 17.1 Å². The van der Waals surface area contributed by atoms with Gasteiger partial charge in [0.1, 0.15) is 11.5 Å². The molecule has 0 saturated heterocycles. The minimum atomic E-state index is -1.11. The van der Waals surface area contributed by atoms with Crippen molar-refractivity contribution in [3.63, 3.8) is 0 Å². The number of halogens is 1. The van der Waals surface area contributed by atoms with Crippen LogP contribution in [0.2, 0.25) is 0 Å². The van der Waals surface area contributed by atoms with Gasteiger partial charge >= 0.3 is 17.9 Å². The number of carboxylic acids is 1. The zero-order valence-corrected chi connectivity index (χ0v) is 41.5. The normalized spacial score (nSPS) is 10.1. The molecule has 0 aliphatic carbocycles. The molecule has 0 aliphatic heterocycles. The number of benzene rings is 8. The minimum Gasteiger partial charge on any atom is -0.497 e. The van der Waals surface area contributed by atoms with Crippen LogP contribution in [0.5, 0.6) is 11.5 Å². The van der Waals surface area contributed by atoms with Gasteiger partial charge < -0.3 is 40.0 Å². The van der Waals surface area contributed by atoms with Gasteiger partial charge in [0.05, 0.1) is 62.2 Å². The van der Waals surface area contributed by atoms with Crippen molar-refractivity contribution in [3.8, 4) is 33.8 Å². The van der Waals surface area contributed by atoms with Gasteiger partial charge in [0.15, 0.2) is 0 Å². The van der Waals surface area contributed by atoms with E-state index in [0.29, 0.717) is 39.4 Å². The van der Waals surface area contributed by atoms with Crippen LogP contribution < -0.4 is 25.4 Å². The average molecular weight is 1040 g/mol. The number of hydrogen-bond acceptors (Lipinski definition) is 10. The number of hydrogen-bond donors (Lipinski definition) is 4. The van der Waals surface area contributed by atoms with Gasteiger partial charge in [-0.25, -0.2) is 14.4 Å². The first-order valence-electron chi connectivity index (χ1n) is 22.2. The van der Waals surface area contributed by atoms with Gasteiger partial charge in [-0.1, -0.05) is 107 Å². The zero-order valence-electron chi connectivity index (χ0n) is 39.9. The highest BCUT2D eigenvalue weighted by atomic mass is 79.9. The summed E-state index contributed by atoms with van der Waals surface area (Å²) in [6.07, 6.45) is 0. The Hall–Kier alpha value is -9.34. The topological polar surface area (TPSA) is 196 Å². The fourth-order valence-electron chi connectivity index (χ4n) is 6.99. The number of anilines is 3. The summed E-state index contributed by atoms with van der Waals surface area (Å²) in [6.45, 7) is 0. The van der Waals surface area contributed by atoms with Gasteiger partial charge in [0.25, 0.3) is 17.7 Å². The lowest BCUT2D eigenvalue weighted by atomic mass is 10.0. The van der Waals surface area contributed by atoms with Crippen molar-refractivity contribution in [1.29, 1.82) is 0 Å². The van der Waals surface area contributed by atoms with Crippen LogP contribution in [0.1, 0.15) is 62.1 Å². The van der Waals surface area contributed by atoms with Crippen molar-refractivity contribution in [3.05, 3.63) is 232 Å². The Kier molecular flexibility index (Phi) is 18.9. The SMILES string of the molecule is COC(=O)c1ccc(-c2cccc(OC)c2)cc1NC(=O)c1ccccc1.COC(=O)c1ccc(Br)cc1NC(=O)c1ccccc1.COc1cccc(-c2ccc(C(=O)O)c(NC(=O)c3ccccc3)c2)c1. The standard InChI is InChI=1S/C22H19NO4.C21H17NO4.C15H12BrNO3/c1-26-18-10-6-9-16(13-18)17-11-12-19(22(25)27-2)20(14-17)23-21(24)15-7-4-3-5-8-15;1-26-17-9-5-8-15(12-17)16-10-11-18(21(24)25)19(13-16)22-20(23)14-6-3-2-4-7-14;1-20-15(19)12-8-7-11(16)9-13(12)17-14(18)10-5-3-2-4-6-10/h3-14H,1-2H3,(H,23,24);2-13H,1H3,(H,22,23)(H,24,25);2-9H,1H3,(H,17,18). The molecule has 4 N–H and O–H groups in total. The summed E-state index contributed by atoms with van der Waals surface area (Å²) in [4.78, 5) is 72.4. The monoisotopic (exact) mass is 1040 g/mol. The molecular weight excluding hydrogens is 995 g/mol. The molecule has 0 fully saturated rings. The largest absolute Gasteiger partial charge is 0.497 e. The number of nitrogens with one attached hydrogen (secondary N) is 3. The van der Waals surface area contributed by atoms with E-state index in [2.05, 4.69) is 31.9 Å². The Balaban J connectivity index is 0.000000181. The van der Waals surface area contributed by atoms with Crippen molar-refractivity contribution in [1.82, 2.24) is 0 Å². The number of carbonyl (C=O) groups excluding carboxylic acids is 5. The van der Waals surface area contributed by atoms with Gasteiger partial charge in [-0.3, -0.25) is 14.4 Å². The molecular formula is C58H48BrN3O11. The number of amides is 3. The van der Waals surface area contributed by atoms with E-state index in [1.807, 2.05) is 66.7 Å². The molecule has 0 radical (unpaired) electrons. The van der Waals surface area contributed by atoms with Crippen molar-refractivity contribution >= 4 is 68.6 Å². The van der Waals surface area contributed by atoms with Crippen LogP contribution in [0, 0.1) is 0 Å². The Morgan fingerprint density at radius 1 is 0.384 bits per heavy atom. The summed E-state index contributed by atoms with van der Waals surface area (Å²) in [5.74, 6) is -1.66. The highest BCUT2D eigenvalue weighted by Gasteiger charge is 2.19. The maximum Gasteiger partial charge on any atom is 0.339 e. The Morgan fingerprint density at radius 3 is 1.10 bits per heavy atom. The summed E-state index contributed by atoms with van der Waals surface area (Å²) in [6, 6.07) is 56.2. The van der Waals surface area contributed by atoms with E-state index >= 15 is 0 Å². The third-order valence-electron chi connectivity index (χ3n) is 10.7. The summed E-state index contributed by atoms with van der Waals surface area (Å²) in [5, 5.41) is 17.6. The molecule has 0 unspecified atom stereocenters. The summed E-state index contributed by atoms with van der Waals surface area (Å²) in [5.41, 5.74) is 6.50. The molecule has 0 bridgehead atoms. The number of aromatic carboxylic acids is 1. The number of carboxylic acid groups (broad SMARTS) is 1. The fraction of sp³-hybridized carbons (Fsp3) is 0.0690. The molecule has 8 aromatic carbocycles. The smallest absolute Gasteiger partial charge is 0.339 e. The second-order valence-corrected chi connectivity index (χ2v) is 16.3. The lowest BCUT2D eigenvalue weighted by Gasteiger charge is -2.13. The molecule has 73 heavy (non-hydrogen) atoms. The van der Waals surface area contributed by atoms with Crippen LogP contribution >= 0.6 is 15.9 Å². The van der Waals surface area contributed by atoms with Crippen LogP contribution in [0.25, 0.3) is 22.3 Å². The number of esters is 2. The maximum atomic E-state index is 12.5. The highest BCUT2D eigenvalue weighted by molar-refractivity contribution is 9.10. The summed E-state index contributed by atoms with van der Waals surface area (Å²) in [7, 11) is 5.79. The molecule has 368 valence electrons. The van der Waals surface area contributed by atoms with E-state index < -0.39 is 17.9 Å². The van der Waals surface area contributed by atoms with E-state index in [1.165, 1.54) is 20.3 Å². The third-order valence-corrected chi connectivity index (χ3v) is 11.2. The molecule has 0 aromatic heterocycles. The average Bonchev–Trinajstić information content (AvgIpc) is 3.43. The van der Waals surface area contributed by atoms with Crippen LogP contribution in [-0.2, 0) is 9.47 Å². The van der Waals surface area contributed by atoms with E-state index in [4.69, 9.17) is 18.9 Å². The van der Waals surface area contributed by atoms with E-state index in [0.717, 1.165) is 32.5 Å². The predicted octanol–water partition coefficient (Wildman–Crippen LogP) is 12.2. The molecule has 8 rings (SSSR count). The Bertz CT molecular complexity index is 3240. The second-order valence-electron chi connectivity index (χ2n) is 15.4. The fourth-order valence-corrected chi connectivity index (χ4v) is 7.36. The Labute approximate surface area is 429 Å². The molecule has 3 amide bonds. The molecule has 0 spiro atoms. The number of ether oxygens (including phenoxy) is 4. The van der Waals surface area contributed by atoms with Crippen molar-refractivity contribution in [2.45, 2.75) is 0 Å². The number of carbonyl (C=O) groups is 6. The lowest BCUT2D eigenvalue weighted by molar-refractivity contribution is 0.0592. The van der Waals surface area contributed by atoms with E-state index in [1.54, 1.807) is 136 Å². The zero-order chi connectivity index (χ0) is 52.3. The molecule has 15 heteroatoms. The number of rotatable bonds is 13.